The minimum atomic E-state index is -0.490. The van der Waals surface area contributed by atoms with Crippen LogP contribution in [0.3, 0.4) is 0 Å². The van der Waals surface area contributed by atoms with Gasteiger partial charge in [-0.2, -0.15) is 0 Å². The molecule has 144 valence electrons. The second-order valence-electron chi connectivity index (χ2n) is 5.48. The summed E-state index contributed by atoms with van der Waals surface area (Å²) >= 11 is 2.79. The van der Waals surface area contributed by atoms with E-state index in [9.17, 15) is 14.9 Å². The van der Waals surface area contributed by atoms with Gasteiger partial charge in [0.2, 0.25) is 11.8 Å². The quantitative estimate of drug-likeness (QED) is 0.244. The van der Waals surface area contributed by atoms with Crippen LogP contribution in [0.1, 0.15) is 0 Å². The first-order chi connectivity index (χ1) is 13.6. The van der Waals surface area contributed by atoms with Crippen LogP contribution < -0.4 is 5.32 Å². The third-order valence-corrected chi connectivity index (χ3v) is 5.31. The van der Waals surface area contributed by atoms with Crippen molar-refractivity contribution in [3.63, 3.8) is 0 Å². The fraction of sp³-hybridized carbons (Fsp3) is 0.167. The monoisotopic (exact) mass is 416 g/mol. The highest BCUT2D eigenvalue weighted by atomic mass is 32.2. The normalized spacial score (nSPS) is 10.6. The van der Waals surface area contributed by atoms with Crippen molar-refractivity contribution < 1.29 is 14.1 Å². The van der Waals surface area contributed by atoms with Gasteiger partial charge in [0.25, 0.3) is 10.9 Å². The van der Waals surface area contributed by atoms with E-state index in [4.69, 9.17) is 4.42 Å². The van der Waals surface area contributed by atoms with Gasteiger partial charge in [-0.15, -0.1) is 22.0 Å². The molecule has 0 fully saturated rings. The number of benzene rings is 2. The molecule has 0 aliphatic heterocycles. The molecule has 0 saturated carbocycles. The number of nitro groups is 1. The number of carbonyl (C=O) groups is 1. The lowest BCUT2D eigenvalue weighted by Gasteiger charge is -2.04. The molecule has 2 aromatic carbocycles. The van der Waals surface area contributed by atoms with E-state index in [1.807, 2.05) is 30.3 Å². The minimum absolute atomic E-state index is 0.0577. The molecule has 0 radical (unpaired) electrons. The van der Waals surface area contributed by atoms with Crippen LogP contribution in [0.25, 0.3) is 11.5 Å². The van der Waals surface area contributed by atoms with E-state index in [2.05, 4.69) is 15.5 Å². The number of nitro benzene ring substituents is 1. The molecule has 10 heteroatoms. The summed E-state index contributed by atoms with van der Waals surface area (Å²) in [6.45, 7) is 0.557. The second kappa shape index (κ2) is 9.90. The minimum Gasteiger partial charge on any atom is -0.411 e. The number of nitrogens with zero attached hydrogens (tertiary/aromatic N) is 3. The molecule has 0 aliphatic rings. The number of hydrogen-bond acceptors (Lipinski definition) is 8. The van der Waals surface area contributed by atoms with Crippen molar-refractivity contribution in [1.82, 2.24) is 15.5 Å². The Bertz CT molecular complexity index is 950. The first kappa shape index (κ1) is 19.9. The Hall–Kier alpha value is -2.85. The summed E-state index contributed by atoms with van der Waals surface area (Å²) in [5, 5.41) is 21.7. The van der Waals surface area contributed by atoms with E-state index in [-0.39, 0.29) is 28.5 Å². The molecule has 1 aromatic heterocycles. The highest BCUT2D eigenvalue weighted by molar-refractivity contribution is 7.99. The maximum Gasteiger partial charge on any atom is 0.277 e. The molecular weight excluding hydrogens is 400 g/mol. The van der Waals surface area contributed by atoms with Gasteiger partial charge in [0.15, 0.2) is 0 Å². The van der Waals surface area contributed by atoms with Crippen LogP contribution in [0.4, 0.5) is 5.69 Å². The van der Waals surface area contributed by atoms with Crippen LogP contribution in [0.5, 0.6) is 0 Å². The number of thioether (sulfide) groups is 2. The van der Waals surface area contributed by atoms with Gasteiger partial charge in [-0.1, -0.05) is 36.0 Å². The van der Waals surface area contributed by atoms with E-state index in [0.29, 0.717) is 12.1 Å². The average molecular weight is 416 g/mol. The second-order valence-corrected chi connectivity index (χ2v) is 7.58. The van der Waals surface area contributed by atoms with Gasteiger partial charge in [-0.05, 0) is 18.2 Å². The van der Waals surface area contributed by atoms with E-state index in [1.54, 1.807) is 23.9 Å². The molecule has 1 amide bonds. The first-order valence-electron chi connectivity index (χ1n) is 8.27. The number of amides is 1. The van der Waals surface area contributed by atoms with Crippen molar-refractivity contribution in [2.24, 2.45) is 0 Å². The van der Waals surface area contributed by atoms with Gasteiger partial charge in [-0.25, -0.2) is 0 Å². The summed E-state index contributed by atoms with van der Waals surface area (Å²) in [5.41, 5.74) is 0.397. The zero-order valence-corrected chi connectivity index (χ0v) is 16.2. The van der Waals surface area contributed by atoms with Crippen molar-refractivity contribution in [3.8, 4) is 11.5 Å². The van der Waals surface area contributed by atoms with Gasteiger partial charge >= 0.3 is 0 Å². The summed E-state index contributed by atoms with van der Waals surface area (Å²) in [4.78, 5) is 23.4. The van der Waals surface area contributed by atoms with E-state index >= 15 is 0 Å². The van der Waals surface area contributed by atoms with Crippen molar-refractivity contribution in [1.29, 1.82) is 0 Å². The van der Waals surface area contributed by atoms with Crippen LogP contribution in [0.2, 0.25) is 0 Å². The number of non-ortho nitro benzene ring substituents is 1. The molecule has 0 saturated heterocycles. The van der Waals surface area contributed by atoms with Crippen molar-refractivity contribution in [2.45, 2.75) is 10.1 Å². The maximum atomic E-state index is 11.9. The Labute approximate surface area is 169 Å². The fourth-order valence-electron chi connectivity index (χ4n) is 2.19. The van der Waals surface area contributed by atoms with Crippen LogP contribution in [0.15, 0.2) is 69.1 Å². The zero-order chi connectivity index (χ0) is 19.8. The van der Waals surface area contributed by atoms with E-state index in [1.165, 1.54) is 12.1 Å². The lowest BCUT2D eigenvalue weighted by Crippen LogP contribution is -2.27. The van der Waals surface area contributed by atoms with Crippen LogP contribution in [-0.2, 0) is 4.79 Å². The van der Waals surface area contributed by atoms with Crippen LogP contribution in [-0.4, -0.2) is 39.1 Å². The number of hydrogen-bond donors (Lipinski definition) is 1. The molecule has 0 bridgehead atoms. The Kier molecular flexibility index (Phi) is 7.04. The molecule has 28 heavy (non-hydrogen) atoms. The van der Waals surface area contributed by atoms with Gasteiger partial charge in [0.1, 0.15) is 0 Å². The fourth-order valence-corrected chi connectivity index (χ4v) is 3.57. The maximum absolute atomic E-state index is 11.9. The molecule has 0 unspecified atom stereocenters. The topological polar surface area (TPSA) is 111 Å². The summed E-state index contributed by atoms with van der Waals surface area (Å²) in [5.74, 6) is 0.962. The van der Waals surface area contributed by atoms with Gasteiger partial charge in [-0.3, -0.25) is 14.9 Å². The highest BCUT2D eigenvalue weighted by Crippen LogP contribution is 2.25. The lowest BCUT2D eigenvalue weighted by molar-refractivity contribution is -0.384. The largest absolute Gasteiger partial charge is 0.411 e. The van der Waals surface area contributed by atoms with E-state index in [0.717, 1.165) is 22.4 Å². The van der Waals surface area contributed by atoms with Gasteiger partial charge in [0.05, 0.1) is 10.7 Å². The van der Waals surface area contributed by atoms with Crippen LogP contribution >= 0.6 is 23.5 Å². The molecule has 1 N–H and O–H groups in total. The standard InChI is InChI=1S/C18H16N4O4S2/c23-16(19-9-10-27-15-7-2-1-3-8-15)12-28-18-21-20-17(26-18)13-5-4-6-14(11-13)22(24)25/h1-8,11H,9-10,12H2,(H,19,23). The third-order valence-electron chi connectivity index (χ3n) is 3.47. The molecule has 3 aromatic rings. The van der Waals surface area contributed by atoms with Crippen molar-refractivity contribution in [3.05, 3.63) is 64.7 Å². The van der Waals surface area contributed by atoms with Crippen molar-refractivity contribution in [2.75, 3.05) is 18.1 Å². The summed E-state index contributed by atoms with van der Waals surface area (Å²) < 4.78 is 5.47. The number of aromatic nitrogens is 2. The van der Waals surface area contributed by atoms with Crippen molar-refractivity contribution >= 4 is 35.1 Å². The molecule has 0 spiro atoms. The molecule has 8 nitrogen and oxygen atoms in total. The smallest absolute Gasteiger partial charge is 0.277 e. The molecule has 1 heterocycles. The Morgan fingerprint density at radius 2 is 1.93 bits per heavy atom. The van der Waals surface area contributed by atoms with Crippen LogP contribution in [0, 0.1) is 10.1 Å². The van der Waals surface area contributed by atoms with Gasteiger partial charge < -0.3 is 9.73 Å². The lowest BCUT2D eigenvalue weighted by atomic mass is 10.2. The number of nitrogens with one attached hydrogen (secondary N) is 1. The SMILES string of the molecule is O=C(CSc1nnc(-c2cccc([N+](=O)[O-])c2)o1)NCCSc1ccccc1. The predicted molar refractivity (Wildman–Crippen MR) is 107 cm³/mol. The first-order valence-corrected chi connectivity index (χ1v) is 10.2. The molecule has 3 rings (SSSR count). The third kappa shape index (κ3) is 5.83. The average Bonchev–Trinajstić information content (AvgIpc) is 3.20. The predicted octanol–water partition coefficient (Wildman–Crippen LogP) is 3.65. The highest BCUT2D eigenvalue weighted by Gasteiger charge is 2.14. The molecule has 0 aliphatic carbocycles. The number of rotatable bonds is 9. The summed E-state index contributed by atoms with van der Waals surface area (Å²) in [6.07, 6.45) is 0. The zero-order valence-electron chi connectivity index (χ0n) is 14.6. The summed E-state index contributed by atoms with van der Waals surface area (Å²) in [7, 11) is 0. The summed E-state index contributed by atoms with van der Waals surface area (Å²) in [6, 6.07) is 15.9. The van der Waals surface area contributed by atoms with E-state index < -0.39 is 4.92 Å². The Balaban J connectivity index is 1.43. The number of carbonyl (C=O) groups excluding carboxylic acids is 1. The Morgan fingerprint density at radius 1 is 1.11 bits per heavy atom. The molecular formula is C18H16N4O4S2. The van der Waals surface area contributed by atoms with Gasteiger partial charge in [0, 0.05) is 34.9 Å². The molecule has 0 atom stereocenters. The Morgan fingerprint density at radius 3 is 2.71 bits per heavy atom.